The number of fused-ring (bicyclic) bond motifs is 2. The van der Waals surface area contributed by atoms with Gasteiger partial charge in [-0.3, -0.25) is 9.69 Å². The number of carbonyl (C=O) groups excluding carboxylic acids is 1. The standard InChI is InChI=1S/C16H27N3O/c20-16(19-11-12-3-4-14(19)10-12)15-2-1-9-18(15)13-5-7-17-8-6-13/h12-15,17H,1-11H2. The highest BCUT2D eigenvalue weighted by Crippen LogP contribution is 2.39. The van der Waals surface area contributed by atoms with Gasteiger partial charge in [0.2, 0.25) is 5.91 Å². The largest absolute Gasteiger partial charge is 0.338 e. The van der Waals surface area contributed by atoms with Crippen LogP contribution in [0.2, 0.25) is 0 Å². The molecule has 4 fully saturated rings. The molecule has 0 aromatic rings. The van der Waals surface area contributed by atoms with E-state index < -0.39 is 0 Å². The second-order valence-electron chi connectivity index (χ2n) is 7.20. The predicted molar refractivity (Wildman–Crippen MR) is 78.5 cm³/mol. The lowest BCUT2D eigenvalue weighted by Gasteiger charge is -2.38. The zero-order valence-corrected chi connectivity index (χ0v) is 12.4. The van der Waals surface area contributed by atoms with E-state index in [1.165, 1.54) is 38.5 Å². The van der Waals surface area contributed by atoms with Gasteiger partial charge in [-0.05, 0) is 70.5 Å². The quantitative estimate of drug-likeness (QED) is 0.824. The highest BCUT2D eigenvalue weighted by molar-refractivity contribution is 5.83. The highest BCUT2D eigenvalue weighted by atomic mass is 16.2. The summed E-state index contributed by atoms with van der Waals surface area (Å²) in [7, 11) is 0. The number of carbonyl (C=O) groups is 1. The Bertz CT molecular complexity index is 380. The summed E-state index contributed by atoms with van der Waals surface area (Å²) in [6.07, 6.45) is 8.64. The first-order valence-corrected chi connectivity index (χ1v) is 8.60. The molecule has 1 saturated carbocycles. The van der Waals surface area contributed by atoms with Crippen molar-refractivity contribution in [1.82, 2.24) is 15.1 Å². The van der Waals surface area contributed by atoms with Crippen LogP contribution in [-0.4, -0.2) is 60.0 Å². The lowest BCUT2D eigenvalue weighted by molar-refractivity contribution is -0.138. The van der Waals surface area contributed by atoms with E-state index in [-0.39, 0.29) is 6.04 Å². The first-order valence-electron chi connectivity index (χ1n) is 8.60. The van der Waals surface area contributed by atoms with Crippen molar-refractivity contribution in [2.24, 2.45) is 5.92 Å². The smallest absolute Gasteiger partial charge is 0.240 e. The number of hydrogen-bond donors (Lipinski definition) is 1. The van der Waals surface area contributed by atoms with Gasteiger partial charge in [0.25, 0.3) is 0 Å². The van der Waals surface area contributed by atoms with Crippen LogP contribution in [0.5, 0.6) is 0 Å². The molecule has 112 valence electrons. The molecule has 0 aromatic heterocycles. The molecule has 1 N–H and O–H groups in total. The number of nitrogens with zero attached hydrogens (tertiary/aromatic N) is 2. The third-order valence-electron chi connectivity index (χ3n) is 6.05. The van der Waals surface area contributed by atoms with Gasteiger partial charge in [-0.1, -0.05) is 0 Å². The van der Waals surface area contributed by atoms with Crippen molar-refractivity contribution in [1.29, 1.82) is 0 Å². The van der Waals surface area contributed by atoms with Crippen molar-refractivity contribution in [2.45, 2.75) is 63.1 Å². The lowest BCUT2D eigenvalue weighted by Crippen LogP contribution is -2.53. The van der Waals surface area contributed by atoms with Crippen molar-refractivity contribution < 1.29 is 4.79 Å². The maximum Gasteiger partial charge on any atom is 0.240 e. The third kappa shape index (κ3) is 2.17. The Morgan fingerprint density at radius 3 is 2.55 bits per heavy atom. The van der Waals surface area contributed by atoms with E-state index in [1.807, 2.05) is 0 Å². The van der Waals surface area contributed by atoms with Crippen LogP contribution in [0.4, 0.5) is 0 Å². The minimum atomic E-state index is 0.206. The number of likely N-dealkylation sites (tertiary alicyclic amines) is 2. The molecule has 1 aliphatic carbocycles. The van der Waals surface area contributed by atoms with E-state index in [4.69, 9.17) is 0 Å². The van der Waals surface area contributed by atoms with Gasteiger partial charge in [-0.15, -0.1) is 0 Å². The van der Waals surface area contributed by atoms with Gasteiger partial charge in [-0.2, -0.15) is 0 Å². The number of hydrogen-bond acceptors (Lipinski definition) is 3. The van der Waals surface area contributed by atoms with Crippen LogP contribution in [0, 0.1) is 5.92 Å². The van der Waals surface area contributed by atoms with E-state index >= 15 is 0 Å². The Morgan fingerprint density at radius 1 is 1.00 bits per heavy atom. The molecule has 3 heterocycles. The van der Waals surface area contributed by atoms with Gasteiger partial charge >= 0.3 is 0 Å². The van der Waals surface area contributed by atoms with E-state index in [1.54, 1.807) is 0 Å². The minimum Gasteiger partial charge on any atom is -0.338 e. The van der Waals surface area contributed by atoms with Gasteiger partial charge in [0, 0.05) is 18.6 Å². The van der Waals surface area contributed by atoms with E-state index in [2.05, 4.69) is 15.1 Å². The summed E-state index contributed by atoms with van der Waals surface area (Å²) >= 11 is 0. The Morgan fingerprint density at radius 2 is 1.85 bits per heavy atom. The molecule has 1 amide bonds. The second kappa shape index (κ2) is 5.30. The summed E-state index contributed by atoms with van der Waals surface area (Å²) in [6, 6.07) is 1.44. The Labute approximate surface area is 121 Å². The van der Waals surface area contributed by atoms with Crippen molar-refractivity contribution in [2.75, 3.05) is 26.2 Å². The fourth-order valence-electron chi connectivity index (χ4n) is 5.02. The van der Waals surface area contributed by atoms with Crippen LogP contribution in [0.3, 0.4) is 0 Å². The minimum absolute atomic E-state index is 0.206. The van der Waals surface area contributed by atoms with E-state index in [0.717, 1.165) is 38.5 Å². The highest BCUT2D eigenvalue weighted by Gasteiger charge is 2.45. The second-order valence-corrected chi connectivity index (χ2v) is 7.20. The number of nitrogens with one attached hydrogen (secondary N) is 1. The average molecular weight is 277 g/mol. The number of piperidine rings is 2. The summed E-state index contributed by atoms with van der Waals surface area (Å²) in [4.78, 5) is 17.8. The Hall–Kier alpha value is -0.610. The maximum absolute atomic E-state index is 13.0. The van der Waals surface area contributed by atoms with E-state index in [9.17, 15) is 4.79 Å². The molecule has 0 aromatic carbocycles. The van der Waals surface area contributed by atoms with Crippen LogP contribution in [0.1, 0.15) is 44.9 Å². The Kier molecular flexibility index (Phi) is 3.47. The fourth-order valence-corrected chi connectivity index (χ4v) is 5.02. The molecule has 2 bridgehead atoms. The summed E-state index contributed by atoms with van der Waals surface area (Å²) in [6.45, 7) is 4.44. The molecular formula is C16H27N3O. The lowest BCUT2D eigenvalue weighted by atomic mass is 10.0. The Balaban J connectivity index is 1.44. The molecule has 20 heavy (non-hydrogen) atoms. The van der Waals surface area contributed by atoms with Crippen LogP contribution in [0.25, 0.3) is 0 Å². The average Bonchev–Trinajstić information content (AvgIpc) is 3.23. The number of amides is 1. The van der Waals surface area contributed by atoms with Crippen molar-refractivity contribution >= 4 is 5.91 Å². The molecule has 4 heteroatoms. The van der Waals surface area contributed by atoms with Crippen LogP contribution in [-0.2, 0) is 4.79 Å². The summed E-state index contributed by atoms with van der Waals surface area (Å²) < 4.78 is 0. The van der Waals surface area contributed by atoms with Crippen molar-refractivity contribution in [3.05, 3.63) is 0 Å². The molecule has 4 nitrogen and oxygen atoms in total. The molecule has 4 rings (SSSR count). The van der Waals surface area contributed by atoms with Crippen LogP contribution >= 0.6 is 0 Å². The number of rotatable bonds is 2. The van der Waals surface area contributed by atoms with E-state index in [0.29, 0.717) is 18.0 Å². The zero-order chi connectivity index (χ0) is 13.5. The van der Waals surface area contributed by atoms with Gasteiger partial charge in [0.05, 0.1) is 6.04 Å². The third-order valence-corrected chi connectivity index (χ3v) is 6.05. The zero-order valence-electron chi connectivity index (χ0n) is 12.4. The van der Waals surface area contributed by atoms with Gasteiger partial charge < -0.3 is 10.2 Å². The molecule has 3 atom stereocenters. The fraction of sp³-hybridized carbons (Fsp3) is 0.938. The maximum atomic E-state index is 13.0. The van der Waals surface area contributed by atoms with Crippen LogP contribution in [0.15, 0.2) is 0 Å². The molecule has 3 saturated heterocycles. The van der Waals surface area contributed by atoms with Crippen molar-refractivity contribution in [3.8, 4) is 0 Å². The SMILES string of the molecule is O=C(C1CCCN1C1CCNCC1)N1CC2CCC1C2. The summed E-state index contributed by atoms with van der Waals surface area (Å²) in [5, 5.41) is 3.44. The molecule has 0 spiro atoms. The molecule has 0 radical (unpaired) electrons. The molecule has 3 unspecified atom stereocenters. The molecular weight excluding hydrogens is 250 g/mol. The van der Waals surface area contributed by atoms with Gasteiger partial charge in [0.1, 0.15) is 0 Å². The first kappa shape index (κ1) is 13.1. The predicted octanol–water partition coefficient (Wildman–Crippen LogP) is 1.21. The summed E-state index contributed by atoms with van der Waals surface area (Å²) in [5.74, 6) is 1.28. The monoisotopic (exact) mass is 277 g/mol. The van der Waals surface area contributed by atoms with Gasteiger partial charge in [-0.25, -0.2) is 0 Å². The van der Waals surface area contributed by atoms with Crippen LogP contribution < -0.4 is 5.32 Å². The first-order chi connectivity index (χ1) is 9.83. The topological polar surface area (TPSA) is 35.6 Å². The summed E-state index contributed by atoms with van der Waals surface area (Å²) in [5.41, 5.74) is 0. The molecule has 4 aliphatic rings. The van der Waals surface area contributed by atoms with Gasteiger partial charge in [0.15, 0.2) is 0 Å². The normalized spacial score (nSPS) is 38.8. The molecule has 3 aliphatic heterocycles. The van der Waals surface area contributed by atoms with Crippen molar-refractivity contribution in [3.63, 3.8) is 0 Å².